The average Bonchev–Trinajstić information content (AvgIpc) is 3.42. The fraction of sp³-hybridized carbons (Fsp3) is 0.217. The van der Waals surface area contributed by atoms with Gasteiger partial charge in [-0.05, 0) is 50.5 Å². The standard InChI is InChI=1S/C23H20N4O2S2/c1-12-6-8-14(9-7-12)20(28)26-23-25-19-15(10-11-17(19)31-23)21(29)27-22-24-18-13(2)4-3-5-16(18)30-22/h3-9,15H,10-11H2,1-2H3,(H,24,27,29)(H,25,26,28). The molecule has 31 heavy (non-hydrogen) atoms. The summed E-state index contributed by atoms with van der Waals surface area (Å²) >= 11 is 2.92. The number of anilines is 2. The van der Waals surface area contributed by atoms with E-state index in [1.54, 1.807) is 12.1 Å². The number of fused-ring (bicyclic) bond motifs is 2. The first-order chi connectivity index (χ1) is 15.0. The normalized spacial score (nSPS) is 15.1. The molecule has 0 radical (unpaired) electrons. The van der Waals surface area contributed by atoms with Gasteiger partial charge in [-0.3, -0.25) is 14.9 Å². The van der Waals surface area contributed by atoms with Crippen molar-refractivity contribution in [1.82, 2.24) is 9.97 Å². The van der Waals surface area contributed by atoms with Crippen LogP contribution >= 0.6 is 22.7 Å². The van der Waals surface area contributed by atoms with E-state index in [4.69, 9.17) is 0 Å². The first-order valence-electron chi connectivity index (χ1n) is 10.0. The summed E-state index contributed by atoms with van der Waals surface area (Å²) in [6.45, 7) is 3.99. The molecule has 1 aliphatic carbocycles. The number of hydrogen-bond donors (Lipinski definition) is 2. The van der Waals surface area contributed by atoms with Crippen molar-refractivity contribution in [2.75, 3.05) is 10.6 Å². The zero-order valence-corrected chi connectivity index (χ0v) is 18.7. The molecule has 2 aromatic heterocycles. The number of nitrogens with zero attached hydrogens (tertiary/aromatic N) is 2. The minimum atomic E-state index is -0.329. The highest BCUT2D eigenvalue weighted by Crippen LogP contribution is 2.39. The largest absolute Gasteiger partial charge is 0.301 e. The van der Waals surface area contributed by atoms with Crippen molar-refractivity contribution in [3.05, 3.63) is 69.7 Å². The molecule has 0 spiro atoms. The lowest BCUT2D eigenvalue weighted by atomic mass is 10.1. The lowest BCUT2D eigenvalue weighted by Crippen LogP contribution is -2.20. The van der Waals surface area contributed by atoms with E-state index in [1.165, 1.54) is 22.7 Å². The van der Waals surface area contributed by atoms with Crippen molar-refractivity contribution in [2.24, 2.45) is 0 Å². The van der Waals surface area contributed by atoms with Crippen LogP contribution in [0.4, 0.5) is 10.3 Å². The first-order valence-corrected chi connectivity index (χ1v) is 11.7. The highest BCUT2D eigenvalue weighted by molar-refractivity contribution is 7.22. The molecule has 0 saturated carbocycles. The van der Waals surface area contributed by atoms with Gasteiger partial charge < -0.3 is 5.32 Å². The van der Waals surface area contributed by atoms with Crippen molar-refractivity contribution in [3.8, 4) is 0 Å². The summed E-state index contributed by atoms with van der Waals surface area (Å²) in [5.41, 5.74) is 4.46. The molecule has 8 heteroatoms. The molecule has 6 nitrogen and oxygen atoms in total. The minimum Gasteiger partial charge on any atom is -0.301 e. The van der Waals surface area contributed by atoms with Crippen molar-refractivity contribution in [3.63, 3.8) is 0 Å². The maximum absolute atomic E-state index is 13.0. The predicted molar refractivity (Wildman–Crippen MR) is 125 cm³/mol. The number of aryl methyl sites for hydroxylation is 3. The molecule has 156 valence electrons. The van der Waals surface area contributed by atoms with Crippen LogP contribution in [0.3, 0.4) is 0 Å². The van der Waals surface area contributed by atoms with Crippen LogP contribution in [0.15, 0.2) is 42.5 Å². The smallest absolute Gasteiger partial charge is 0.257 e. The molecule has 0 bridgehead atoms. The fourth-order valence-corrected chi connectivity index (χ4v) is 5.72. The fourth-order valence-electron chi connectivity index (χ4n) is 3.74. The predicted octanol–water partition coefficient (Wildman–Crippen LogP) is 5.29. The second kappa shape index (κ2) is 7.86. The number of carbonyl (C=O) groups is 2. The van der Waals surface area contributed by atoms with Gasteiger partial charge >= 0.3 is 0 Å². The molecular formula is C23H20N4O2S2. The topological polar surface area (TPSA) is 84.0 Å². The van der Waals surface area contributed by atoms with Crippen LogP contribution in [0, 0.1) is 13.8 Å². The highest BCUT2D eigenvalue weighted by atomic mass is 32.1. The molecule has 2 aromatic carbocycles. The van der Waals surface area contributed by atoms with Gasteiger partial charge in [-0.2, -0.15) is 0 Å². The Bertz CT molecular complexity index is 1310. The Morgan fingerprint density at radius 2 is 1.74 bits per heavy atom. The van der Waals surface area contributed by atoms with Gasteiger partial charge in [0.1, 0.15) is 0 Å². The molecule has 1 unspecified atom stereocenters. The Morgan fingerprint density at radius 3 is 2.52 bits per heavy atom. The van der Waals surface area contributed by atoms with Gasteiger partial charge in [0.15, 0.2) is 10.3 Å². The van der Waals surface area contributed by atoms with Crippen LogP contribution in [-0.2, 0) is 11.2 Å². The van der Waals surface area contributed by atoms with E-state index in [2.05, 4.69) is 20.6 Å². The maximum atomic E-state index is 13.0. The Morgan fingerprint density at radius 1 is 0.968 bits per heavy atom. The Kier molecular flexibility index (Phi) is 5.03. The van der Waals surface area contributed by atoms with Crippen LogP contribution in [0.1, 0.15) is 44.4 Å². The van der Waals surface area contributed by atoms with Crippen molar-refractivity contribution >= 4 is 55.0 Å². The summed E-state index contributed by atoms with van der Waals surface area (Å²) in [4.78, 5) is 35.7. The number of rotatable bonds is 4. The molecule has 0 saturated heterocycles. The Balaban J connectivity index is 1.31. The molecule has 4 aromatic rings. The van der Waals surface area contributed by atoms with Crippen LogP contribution in [-0.4, -0.2) is 21.8 Å². The molecule has 2 N–H and O–H groups in total. The van der Waals surface area contributed by atoms with Crippen LogP contribution in [0.5, 0.6) is 0 Å². The SMILES string of the molecule is Cc1ccc(C(=O)Nc2nc3c(s2)CCC3C(=O)Nc2nc3c(C)cccc3s2)cc1. The van der Waals surface area contributed by atoms with Crippen molar-refractivity contribution < 1.29 is 9.59 Å². The van der Waals surface area contributed by atoms with Gasteiger partial charge in [0, 0.05) is 10.4 Å². The van der Waals surface area contributed by atoms with E-state index in [1.807, 2.05) is 44.2 Å². The molecule has 1 aliphatic rings. The zero-order valence-electron chi connectivity index (χ0n) is 17.1. The van der Waals surface area contributed by atoms with Gasteiger partial charge in [0.2, 0.25) is 5.91 Å². The number of para-hydroxylation sites is 1. The molecule has 5 rings (SSSR count). The van der Waals surface area contributed by atoms with Crippen LogP contribution < -0.4 is 10.6 Å². The minimum absolute atomic E-state index is 0.0998. The van der Waals surface area contributed by atoms with Gasteiger partial charge in [-0.1, -0.05) is 41.2 Å². The summed E-state index contributed by atoms with van der Waals surface area (Å²) in [5.74, 6) is -0.625. The van der Waals surface area contributed by atoms with Gasteiger partial charge in [-0.15, -0.1) is 11.3 Å². The average molecular weight is 449 g/mol. The monoisotopic (exact) mass is 448 g/mol. The maximum Gasteiger partial charge on any atom is 0.257 e. The number of thiazole rings is 2. The van der Waals surface area contributed by atoms with E-state index >= 15 is 0 Å². The summed E-state index contributed by atoms with van der Waals surface area (Å²) in [5, 5.41) is 6.97. The van der Waals surface area contributed by atoms with E-state index in [9.17, 15) is 9.59 Å². The third kappa shape index (κ3) is 3.84. The van der Waals surface area contributed by atoms with E-state index in [-0.39, 0.29) is 17.7 Å². The molecule has 0 aliphatic heterocycles. The lowest BCUT2D eigenvalue weighted by Gasteiger charge is -2.08. The highest BCUT2D eigenvalue weighted by Gasteiger charge is 2.33. The summed E-state index contributed by atoms with van der Waals surface area (Å²) in [7, 11) is 0. The van der Waals surface area contributed by atoms with E-state index < -0.39 is 0 Å². The number of hydrogen-bond acceptors (Lipinski definition) is 6. The summed E-state index contributed by atoms with van der Waals surface area (Å²) in [6.07, 6.45) is 1.50. The molecule has 2 amide bonds. The molecule has 1 atom stereocenters. The van der Waals surface area contributed by atoms with Gasteiger partial charge in [0.05, 0.1) is 21.8 Å². The number of carbonyl (C=O) groups excluding carboxylic acids is 2. The lowest BCUT2D eigenvalue weighted by molar-refractivity contribution is -0.117. The number of benzene rings is 2. The molecule has 2 heterocycles. The Hall–Kier alpha value is -3.10. The van der Waals surface area contributed by atoms with Gasteiger partial charge in [-0.25, -0.2) is 9.97 Å². The Labute approximate surface area is 187 Å². The van der Waals surface area contributed by atoms with Crippen molar-refractivity contribution in [1.29, 1.82) is 0 Å². The van der Waals surface area contributed by atoms with E-state index in [0.717, 1.165) is 44.8 Å². The van der Waals surface area contributed by atoms with Crippen LogP contribution in [0.2, 0.25) is 0 Å². The third-order valence-corrected chi connectivity index (χ3v) is 7.40. The summed E-state index contributed by atoms with van der Waals surface area (Å²) < 4.78 is 1.05. The molecular weight excluding hydrogens is 428 g/mol. The van der Waals surface area contributed by atoms with Gasteiger partial charge in [0.25, 0.3) is 5.91 Å². The van der Waals surface area contributed by atoms with Crippen molar-refractivity contribution in [2.45, 2.75) is 32.6 Å². The van der Waals surface area contributed by atoms with E-state index in [0.29, 0.717) is 15.8 Å². The number of aromatic nitrogens is 2. The molecule has 0 fully saturated rings. The quantitative estimate of drug-likeness (QED) is 0.444. The first kappa shape index (κ1) is 19.8. The second-order valence-corrected chi connectivity index (χ2v) is 9.78. The zero-order chi connectivity index (χ0) is 21.5. The summed E-state index contributed by atoms with van der Waals surface area (Å²) in [6, 6.07) is 13.4. The number of nitrogens with one attached hydrogen (secondary N) is 2. The third-order valence-electron chi connectivity index (χ3n) is 5.42. The van der Waals surface area contributed by atoms with Crippen LogP contribution in [0.25, 0.3) is 10.2 Å². The number of amides is 2. The second-order valence-electron chi connectivity index (χ2n) is 7.67.